The van der Waals surface area contributed by atoms with Gasteiger partial charge in [-0.2, -0.15) is 0 Å². The molecule has 1 saturated heterocycles. The number of carbonyl (C=O) groups excluding carboxylic acids is 1. The van der Waals surface area contributed by atoms with Gasteiger partial charge in [0.1, 0.15) is 0 Å². The number of halogens is 1. The molecule has 1 amide bonds. The summed E-state index contributed by atoms with van der Waals surface area (Å²) >= 11 is 6.03. The molecule has 1 atom stereocenters. The molecule has 0 aliphatic carbocycles. The van der Waals surface area contributed by atoms with Crippen LogP contribution in [0.2, 0.25) is 5.02 Å². The monoisotopic (exact) mass is 311 g/mol. The van der Waals surface area contributed by atoms with E-state index in [1.165, 1.54) is 0 Å². The molecule has 0 spiro atoms. The van der Waals surface area contributed by atoms with E-state index >= 15 is 0 Å². The lowest BCUT2D eigenvalue weighted by molar-refractivity contribution is -0.116. The van der Waals surface area contributed by atoms with Crippen molar-refractivity contribution in [1.82, 2.24) is 4.90 Å². The van der Waals surface area contributed by atoms with E-state index < -0.39 is 0 Å². The summed E-state index contributed by atoms with van der Waals surface area (Å²) in [6.45, 7) is 5.63. The topological polar surface area (TPSA) is 67.6 Å². The first-order valence-electron chi connectivity index (χ1n) is 7.23. The molecule has 1 aromatic rings. The van der Waals surface area contributed by atoms with Crippen molar-refractivity contribution >= 4 is 28.9 Å². The number of ether oxygens (including phenoxy) is 1. The van der Waals surface area contributed by atoms with Crippen LogP contribution >= 0.6 is 11.6 Å². The third-order valence-corrected chi connectivity index (χ3v) is 3.78. The number of anilines is 2. The number of nitrogens with two attached hydrogens (primary N) is 1. The van der Waals surface area contributed by atoms with Gasteiger partial charge < -0.3 is 15.8 Å². The minimum Gasteiger partial charge on any atom is -0.399 e. The second kappa shape index (κ2) is 7.64. The van der Waals surface area contributed by atoms with Crippen molar-refractivity contribution in [2.45, 2.75) is 25.9 Å². The Morgan fingerprint density at radius 2 is 2.38 bits per heavy atom. The molecule has 116 valence electrons. The van der Waals surface area contributed by atoms with Crippen LogP contribution in [-0.2, 0) is 9.53 Å². The lowest BCUT2D eigenvalue weighted by atomic mass is 10.2. The van der Waals surface area contributed by atoms with E-state index in [1.807, 2.05) is 0 Å². The molecule has 0 aromatic heterocycles. The standard InChI is InChI=1S/C15H22ClN3O2/c1-11-10-19(7-8-21-11)6-2-3-15(20)18-14-5-4-12(17)9-13(14)16/h4-5,9,11H,2-3,6-8,10,17H2,1H3,(H,18,20). The fourth-order valence-electron chi connectivity index (χ4n) is 2.40. The number of nitrogens with one attached hydrogen (secondary N) is 1. The zero-order chi connectivity index (χ0) is 15.2. The molecule has 21 heavy (non-hydrogen) atoms. The maximum Gasteiger partial charge on any atom is 0.224 e. The average Bonchev–Trinajstić information content (AvgIpc) is 2.42. The summed E-state index contributed by atoms with van der Waals surface area (Å²) in [6.07, 6.45) is 1.58. The van der Waals surface area contributed by atoms with Crippen LogP contribution in [0.1, 0.15) is 19.8 Å². The van der Waals surface area contributed by atoms with Gasteiger partial charge in [0.15, 0.2) is 0 Å². The largest absolute Gasteiger partial charge is 0.399 e. The zero-order valence-electron chi connectivity index (χ0n) is 12.3. The highest BCUT2D eigenvalue weighted by molar-refractivity contribution is 6.34. The van der Waals surface area contributed by atoms with Gasteiger partial charge in [-0.1, -0.05) is 11.6 Å². The van der Waals surface area contributed by atoms with Gasteiger partial charge in [0.2, 0.25) is 5.91 Å². The Morgan fingerprint density at radius 1 is 1.57 bits per heavy atom. The molecule has 1 unspecified atom stereocenters. The highest BCUT2D eigenvalue weighted by Gasteiger charge is 2.16. The number of rotatable bonds is 5. The Hall–Kier alpha value is -1.30. The van der Waals surface area contributed by atoms with E-state index in [0.717, 1.165) is 32.7 Å². The van der Waals surface area contributed by atoms with Crippen molar-refractivity contribution in [2.24, 2.45) is 0 Å². The predicted molar refractivity (Wildman–Crippen MR) is 85.6 cm³/mol. The van der Waals surface area contributed by atoms with Crippen molar-refractivity contribution in [1.29, 1.82) is 0 Å². The van der Waals surface area contributed by atoms with Crippen molar-refractivity contribution in [3.8, 4) is 0 Å². The van der Waals surface area contributed by atoms with Gasteiger partial charge >= 0.3 is 0 Å². The van der Waals surface area contributed by atoms with Gasteiger partial charge in [0.25, 0.3) is 0 Å². The molecule has 0 radical (unpaired) electrons. The predicted octanol–water partition coefficient (Wildman–Crippen LogP) is 2.36. The molecular formula is C15H22ClN3O2. The highest BCUT2D eigenvalue weighted by atomic mass is 35.5. The second-order valence-electron chi connectivity index (χ2n) is 5.37. The quantitative estimate of drug-likeness (QED) is 0.819. The Balaban J connectivity index is 1.72. The molecule has 5 nitrogen and oxygen atoms in total. The van der Waals surface area contributed by atoms with Crippen LogP contribution in [0.25, 0.3) is 0 Å². The van der Waals surface area contributed by atoms with Crippen LogP contribution in [0.4, 0.5) is 11.4 Å². The summed E-state index contributed by atoms with van der Waals surface area (Å²) in [5.74, 6) is -0.0250. The summed E-state index contributed by atoms with van der Waals surface area (Å²) in [5, 5.41) is 3.28. The van der Waals surface area contributed by atoms with Crippen molar-refractivity contribution < 1.29 is 9.53 Å². The van der Waals surface area contributed by atoms with E-state index in [9.17, 15) is 4.79 Å². The molecule has 1 aliphatic rings. The van der Waals surface area contributed by atoms with E-state index in [1.54, 1.807) is 18.2 Å². The minimum atomic E-state index is -0.0250. The minimum absolute atomic E-state index is 0.0250. The molecule has 1 heterocycles. The Morgan fingerprint density at radius 3 is 3.10 bits per heavy atom. The lowest BCUT2D eigenvalue weighted by Crippen LogP contribution is -2.41. The van der Waals surface area contributed by atoms with Crippen LogP contribution in [0.5, 0.6) is 0 Å². The first-order valence-corrected chi connectivity index (χ1v) is 7.61. The van der Waals surface area contributed by atoms with Crippen LogP contribution in [0.15, 0.2) is 18.2 Å². The summed E-state index contributed by atoms with van der Waals surface area (Å²) in [7, 11) is 0. The zero-order valence-corrected chi connectivity index (χ0v) is 13.0. The molecule has 2 rings (SSSR count). The summed E-state index contributed by atoms with van der Waals surface area (Å²) in [5.41, 5.74) is 6.81. The van der Waals surface area contributed by atoms with Crippen molar-refractivity contribution in [2.75, 3.05) is 37.3 Å². The number of hydrogen-bond acceptors (Lipinski definition) is 4. The molecule has 0 saturated carbocycles. The maximum atomic E-state index is 11.9. The normalized spacial score (nSPS) is 19.4. The fraction of sp³-hybridized carbons (Fsp3) is 0.533. The van der Waals surface area contributed by atoms with Gasteiger partial charge in [-0.3, -0.25) is 9.69 Å². The molecule has 6 heteroatoms. The number of nitrogens with zero attached hydrogens (tertiary/aromatic N) is 1. The number of carbonyl (C=O) groups is 1. The van der Waals surface area contributed by atoms with Gasteiger partial charge in [-0.25, -0.2) is 0 Å². The van der Waals surface area contributed by atoms with Gasteiger partial charge in [0.05, 0.1) is 23.4 Å². The van der Waals surface area contributed by atoms with E-state index in [4.69, 9.17) is 22.1 Å². The Labute approximate surface area is 130 Å². The fourth-order valence-corrected chi connectivity index (χ4v) is 2.64. The van der Waals surface area contributed by atoms with Crippen molar-refractivity contribution in [3.05, 3.63) is 23.2 Å². The number of hydrogen-bond donors (Lipinski definition) is 2. The number of benzene rings is 1. The van der Waals surface area contributed by atoms with E-state index in [2.05, 4.69) is 17.1 Å². The van der Waals surface area contributed by atoms with Gasteiger partial charge in [-0.15, -0.1) is 0 Å². The molecule has 0 bridgehead atoms. The van der Waals surface area contributed by atoms with E-state index in [-0.39, 0.29) is 12.0 Å². The molecule has 1 fully saturated rings. The summed E-state index contributed by atoms with van der Waals surface area (Å²) in [4.78, 5) is 14.2. The van der Waals surface area contributed by atoms with E-state index in [0.29, 0.717) is 22.8 Å². The molecule has 1 aromatic carbocycles. The van der Waals surface area contributed by atoms with Crippen LogP contribution in [-0.4, -0.2) is 43.2 Å². The van der Waals surface area contributed by atoms with Crippen LogP contribution in [0, 0.1) is 0 Å². The number of morpholine rings is 1. The Bertz CT molecular complexity index is 496. The summed E-state index contributed by atoms with van der Waals surface area (Å²) in [6, 6.07) is 5.07. The molecular weight excluding hydrogens is 290 g/mol. The first kappa shape index (κ1) is 16.1. The highest BCUT2D eigenvalue weighted by Crippen LogP contribution is 2.24. The van der Waals surface area contributed by atoms with Gasteiger partial charge in [0, 0.05) is 25.2 Å². The number of amides is 1. The van der Waals surface area contributed by atoms with Crippen LogP contribution < -0.4 is 11.1 Å². The second-order valence-corrected chi connectivity index (χ2v) is 5.78. The lowest BCUT2D eigenvalue weighted by Gasteiger charge is -2.30. The summed E-state index contributed by atoms with van der Waals surface area (Å²) < 4.78 is 5.49. The molecule has 3 N–H and O–H groups in total. The van der Waals surface area contributed by atoms with Crippen molar-refractivity contribution in [3.63, 3.8) is 0 Å². The maximum absolute atomic E-state index is 11.9. The first-order chi connectivity index (χ1) is 10.0. The SMILES string of the molecule is CC1CN(CCCC(=O)Nc2ccc(N)cc2Cl)CCO1. The molecule has 1 aliphatic heterocycles. The van der Waals surface area contributed by atoms with Gasteiger partial charge in [-0.05, 0) is 38.1 Å². The Kier molecular flexibility index (Phi) is 5.85. The third kappa shape index (κ3) is 5.19. The third-order valence-electron chi connectivity index (χ3n) is 3.47. The van der Waals surface area contributed by atoms with Crippen LogP contribution in [0.3, 0.4) is 0 Å². The average molecular weight is 312 g/mol. The smallest absolute Gasteiger partial charge is 0.224 e. The number of nitrogen functional groups attached to an aromatic ring is 1.